The zero-order valence-electron chi connectivity index (χ0n) is 14.7. The lowest BCUT2D eigenvalue weighted by Gasteiger charge is -2.39. The van der Waals surface area contributed by atoms with Gasteiger partial charge in [-0.15, -0.1) is 16.9 Å². The first-order valence-corrected chi connectivity index (χ1v) is 9.61. The van der Waals surface area contributed by atoms with Gasteiger partial charge in [-0.05, 0) is 19.1 Å². The predicted octanol–water partition coefficient (Wildman–Crippen LogP) is -1.93. The van der Waals surface area contributed by atoms with Crippen LogP contribution in [0.5, 0.6) is 0 Å². The number of ether oxygens (including phenoxy) is 2. The Balaban J connectivity index is 1.62. The van der Waals surface area contributed by atoms with Crippen LogP contribution in [0, 0.1) is 0 Å². The molecule has 1 aromatic rings. The highest BCUT2D eigenvalue weighted by Gasteiger charge is 2.43. The van der Waals surface area contributed by atoms with Gasteiger partial charge in [0.2, 0.25) is 0 Å². The molecule has 150 valence electrons. The van der Waals surface area contributed by atoms with Crippen molar-refractivity contribution in [3.05, 3.63) is 11.9 Å². The molecular formula is C15H28N4O6S. The normalized spacial score (nSPS) is 30.5. The van der Waals surface area contributed by atoms with E-state index >= 15 is 0 Å². The summed E-state index contributed by atoms with van der Waals surface area (Å²) in [7, 11) is 0. The second-order valence-electron chi connectivity index (χ2n) is 6.38. The van der Waals surface area contributed by atoms with Gasteiger partial charge < -0.3 is 35.6 Å². The molecule has 11 heteroatoms. The highest BCUT2D eigenvalue weighted by Crippen LogP contribution is 2.28. The van der Waals surface area contributed by atoms with Crippen LogP contribution in [0.2, 0.25) is 0 Å². The fourth-order valence-corrected chi connectivity index (χ4v) is 3.63. The predicted molar refractivity (Wildman–Crippen MR) is 94.2 cm³/mol. The van der Waals surface area contributed by atoms with Gasteiger partial charge in [0.05, 0.1) is 26.0 Å². The van der Waals surface area contributed by atoms with E-state index < -0.39 is 36.5 Å². The number of aliphatic hydroxyl groups excluding tert-OH is 4. The van der Waals surface area contributed by atoms with Gasteiger partial charge in [-0.1, -0.05) is 5.21 Å². The summed E-state index contributed by atoms with van der Waals surface area (Å²) in [5, 5.41) is 46.5. The molecule has 10 nitrogen and oxygen atoms in total. The maximum absolute atomic E-state index is 9.94. The molecule has 0 aromatic carbocycles. The van der Waals surface area contributed by atoms with Gasteiger partial charge in [0.15, 0.2) is 0 Å². The number of nitrogens with zero attached hydrogens (tertiary/aromatic N) is 3. The van der Waals surface area contributed by atoms with Crippen LogP contribution >= 0.6 is 11.8 Å². The summed E-state index contributed by atoms with van der Waals surface area (Å²) in [4.78, 5) is 0. The van der Waals surface area contributed by atoms with E-state index in [1.165, 1.54) is 11.8 Å². The zero-order chi connectivity index (χ0) is 19.1. The number of rotatable bonds is 10. The Morgan fingerprint density at radius 3 is 2.81 bits per heavy atom. The molecule has 1 fully saturated rings. The molecule has 0 radical (unpaired) electrons. The van der Waals surface area contributed by atoms with Crippen molar-refractivity contribution in [1.29, 1.82) is 0 Å². The first-order valence-electron chi connectivity index (χ1n) is 8.56. The lowest BCUT2D eigenvalue weighted by atomic mass is 10.0. The van der Waals surface area contributed by atoms with Crippen molar-refractivity contribution >= 4 is 11.8 Å². The van der Waals surface area contributed by atoms with E-state index in [0.717, 1.165) is 5.69 Å². The van der Waals surface area contributed by atoms with Gasteiger partial charge in [0.1, 0.15) is 35.5 Å². The SMILES string of the molecule is CC(N)Cn1cc(COCCCSC2OC(CO)C(O)C(O)C2O)nn1. The number of aliphatic hydroxyl groups is 4. The van der Waals surface area contributed by atoms with Crippen LogP contribution < -0.4 is 5.73 Å². The third-order valence-electron chi connectivity index (χ3n) is 3.87. The van der Waals surface area contributed by atoms with Crippen molar-refractivity contribution in [1.82, 2.24) is 15.0 Å². The van der Waals surface area contributed by atoms with Crippen LogP contribution in [0.25, 0.3) is 0 Å². The van der Waals surface area contributed by atoms with Crippen molar-refractivity contribution in [2.45, 2.75) is 62.4 Å². The van der Waals surface area contributed by atoms with Crippen LogP contribution in [0.4, 0.5) is 0 Å². The van der Waals surface area contributed by atoms with Crippen LogP contribution in [0.15, 0.2) is 6.20 Å². The number of hydrogen-bond acceptors (Lipinski definition) is 10. The van der Waals surface area contributed by atoms with Gasteiger partial charge in [0, 0.05) is 12.6 Å². The first-order chi connectivity index (χ1) is 12.4. The van der Waals surface area contributed by atoms with Crippen LogP contribution in [-0.4, -0.2) is 90.3 Å². The molecule has 2 rings (SSSR count). The Morgan fingerprint density at radius 2 is 2.12 bits per heavy atom. The Kier molecular flexibility index (Phi) is 8.70. The molecule has 0 amide bonds. The quantitative estimate of drug-likeness (QED) is 0.284. The Morgan fingerprint density at radius 1 is 1.35 bits per heavy atom. The molecule has 6 N–H and O–H groups in total. The average Bonchev–Trinajstić information content (AvgIpc) is 3.04. The summed E-state index contributed by atoms with van der Waals surface area (Å²) < 4.78 is 12.6. The molecule has 1 aromatic heterocycles. The van der Waals surface area contributed by atoms with E-state index in [0.29, 0.717) is 31.9 Å². The van der Waals surface area contributed by atoms with Crippen molar-refractivity contribution in [2.24, 2.45) is 5.73 Å². The summed E-state index contributed by atoms with van der Waals surface area (Å²) in [6, 6.07) is 0.00455. The van der Waals surface area contributed by atoms with E-state index in [1.54, 1.807) is 10.9 Å². The molecule has 0 aliphatic carbocycles. The average molecular weight is 392 g/mol. The van der Waals surface area contributed by atoms with Gasteiger partial charge in [-0.25, -0.2) is 0 Å². The highest BCUT2D eigenvalue weighted by atomic mass is 32.2. The van der Waals surface area contributed by atoms with Crippen molar-refractivity contribution in [2.75, 3.05) is 19.0 Å². The van der Waals surface area contributed by atoms with Gasteiger partial charge >= 0.3 is 0 Å². The summed E-state index contributed by atoms with van der Waals surface area (Å²) in [5.74, 6) is 0.625. The maximum atomic E-state index is 9.94. The summed E-state index contributed by atoms with van der Waals surface area (Å²) in [6.45, 7) is 2.91. The fourth-order valence-electron chi connectivity index (χ4n) is 2.53. The third-order valence-corrected chi connectivity index (χ3v) is 5.12. The van der Waals surface area contributed by atoms with Crippen LogP contribution in [-0.2, 0) is 22.6 Å². The van der Waals surface area contributed by atoms with E-state index in [1.807, 2.05) is 6.92 Å². The summed E-state index contributed by atoms with van der Waals surface area (Å²) in [5.41, 5.74) is 5.72. The fraction of sp³-hybridized carbons (Fsp3) is 0.867. The smallest absolute Gasteiger partial charge is 0.132 e. The molecular weight excluding hydrogens is 364 g/mol. The molecule has 1 aliphatic rings. The highest BCUT2D eigenvalue weighted by molar-refractivity contribution is 7.99. The second-order valence-corrected chi connectivity index (χ2v) is 7.59. The topological polar surface area (TPSA) is 156 Å². The largest absolute Gasteiger partial charge is 0.394 e. The van der Waals surface area contributed by atoms with E-state index in [4.69, 9.17) is 20.3 Å². The van der Waals surface area contributed by atoms with Crippen molar-refractivity contribution in [3.63, 3.8) is 0 Å². The minimum atomic E-state index is -1.34. The minimum absolute atomic E-state index is 0.00455. The summed E-state index contributed by atoms with van der Waals surface area (Å²) in [6.07, 6.45) is -2.25. The Hall–Kier alpha value is -0.790. The van der Waals surface area contributed by atoms with E-state index in [9.17, 15) is 15.3 Å². The second kappa shape index (κ2) is 10.5. The zero-order valence-corrected chi connectivity index (χ0v) is 15.5. The van der Waals surface area contributed by atoms with Crippen LogP contribution in [0.1, 0.15) is 19.0 Å². The van der Waals surface area contributed by atoms with Crippen LogP contribution in [0.3, 0.4) is 0 Å². The van der Waals surface area contributed by atoms with E-state index in [2.05, 4.69) is 10.3 Å². The number of thioether (sulfide) groups is 1. The number of nitrogens with two attached hydrogens (primary N) is 1. The van der Waals surface area contributed by atoms with Crippen molar-refractivity contribution < 1.29 is 29.9 Å². The lowest BCUT2D eigenvalue weighted by molar-refractivity contribution is -0.205. The van der Waals surface area contributed by atoms with Gasteiger partial charge in [-0.2, -0.15) is 0 Å². The molecule has 2 heterocycles. The molecule has 0 spiro atoms. The van der Waals surface area contributed by atoms with Gasteiger partial charge in [-0.3, -0.25) is 4.68 Å². The van der Waals surface area contributed by atoms with E-state index in [-0.39, 0.29) is 6.04 Å². The molecule has 1 aliphatic heterocycles. The monoisotopic (exact) mass is 392 g/mol. The summed E-state index contributed by atoms with van der Waals surface area (Å²) >= 11 is 1.31. The molecule has 6 atom stereocenters. The molecule has 1 saturated heterocycles. The Bertz CT molecular complexity index is 532. The van der Waals surface area contributed by atoms with Crippen molar-refractivity contribution in [3.8, 4) is 0 Å². The minimum Gasteiger partial charge on any atom is -0.394 e. The molecule has 6 unspecified atom stereocenters. The first kappa shape index (κ1) is 21.5. The van der Waals surface area contributed by atoms with Gasteiger partial charge in [0.25, 0.3) is 0 Å². The lowest BCUT2D eigenvalue weighted by Crippen LogP contribution is -2.57. The number of hydrogen-bond donors (Lipinski definition) is 5. The molecule has 26 heavy (non-hydrogen) atoms. The molecule has 0 saturated carbocycles. The standard InChI is InChI=1S/C15H28N4O6S/c1-9(16)5-19-6-10(17-18-19)8-24-3-2-4-26-15-14(23)13(22)12(21)11(7-20)25-15/h6,9,11-15,20-23H,2-5,7-8,16H2,1H3. The number of aromatic nitrogens is 3. The third kappa shape index (κ3) is 6.13. The molecule has 0 bridgehead atoms. The maximum Gasteiger partial charge on any atom is 0.132 e. The Labute approximate surface area is 156 Å².